The molecule has 10 nitrogen and oxygen atoms in total. The summed E-state index contributed by atoms with van der Waals surface area (Å²) in [5.41, 5.74) is 3.23. The summed E-state index contributed by atoms with van der Waals surface area (Å²) in [6.45, 7) is 2.06. The van der Waals surface area contributed by atoms with Gasteiger partial charge in [-0.15, -0.1) is 0 Å². The van der Waals surface area contributed by atoms with E-state index in [1.165, 1.54) is 6.07 Å². The van der Waals surface area contributed by atoms with Gasteiger partial charge in [0.25, 0.3) is 0 Å². The second-order valence-electron chi connectivity index (χ2n) is 9.35. The fraction of sp³-hybridized carbons (Fsp3) is 0.346. The standard InChI is InChI=1S/C26H27FN6O4/c1-15(34)32-8-6-16(7-9-32)26-25-18(19-11-22-17(10-20(19)27)12-29-31(22)2)4-3-5-21(25)33(30-26)14-23(35)28-13-24(36)37/h3-5,10-12,16H,6-9,13-14H2,1-2H3,(H,28,35)(H,36,37). The molecular weight excluding hydrogens is 479 g/mol. The molecule has 2 aromatic carbocycles. The van der Waals surface area contributed by atoms with Crippen molar-refractivity contribution < 1.29 is 23.9 Å². The van der Waals surface area contributed by atoms with E-state index in [9.17, 15) is 14.4 Å². The number of fused-ring (bicyclic) bond motifs is 2. The van der Waals surface area contributed by atoms with Crippen molar-refractivity contribution in [2.45, 2.75) is 32.2 Å². The van der Waals surface area contributed by atoms with Crippen LogP contribution in [0.1, 0.15) is 31.4 Å². The number of carboxylic acids is 1. The Bertz CT molecular complexity index is 1530. The van der Waals surface area contributed by atoms with E-state index in [0.29, 0.717) is 48.0 Å². The van der Waals surface area contributed by atoms with Crippen LogP contribution in [0.4, 0.5) is 4.39 Å². The zero-order chi connectivity index (χ0) is 26.3. The molecule has 0 aliphatic carbocycles. The van der Waals surface area contributed by atoms with Crippen LogP contribution in [0.2, 0.25) is 0 Å². The van der Waals surface area contributed by atoms with Gasteiger partial charge in [-0.25, -0.2) is 4.39 Å². The van der Waals surface area contributed by atoms with Gasteiger partial charge in [-0.3, -0.25) is 23.7 Å². The van der Waals surface area contributed by atoms with Gasteiger partial charge in [0.2, 0.25) is 11.8 Å². The van der Waals surface area contributed by atoms with Crippen molar-refractivity contribution in [3.8, 4) is 11.1 Å². The normalized spacial score (nSPS) is 14.4. The van der Waals surface area contributed by atoms with E-state index in [4.69, 9.17) is 10.2 Å². The van der Waals surface area contributed by atoms with Gasteiger partial charge in [-0.05, 0) is 36.6 Å². The molecule has 0 atom stereocenters. The zero-order valence-electron chi connectivity index (χ0n) is 20.6. The number of rotatable bonds is 6. The quantitative estimate of drug-likeness (QED) is 0.415. The maximum atomic E-state index is 15.4. The Morgan fingerprint density at radius 2 is 1.89 bits per heavy atom. The number of hydrogen-bond donors (Lipinski definition) is 2. The molecule has 1 saturated heterocycles. The fourth-order valence-corrected chi connectivity index (χ4v) is 5.10. The largest absolute Gasteiger partial charge is 0.480 e. The number of carbonyl (C=O) groups excluding carboxylic acids is 2. The number of nitrogens with one attached hydrogen (secondary N) is 1. The third-order valence-corrected chi connectivity index (χ3v) is 6.99. The van der Waals surface area contributed by atoms with Gasteiger partial charge in [0.05, 0.1) is 22.9 Å². The second-order valence-corrected chi connectivity index (χ2v) is 9.35. The van der Waals surface area contributed by atoms with Crippen molar-refractivity contribution in [2.75, 3.05) is 19.6 Å². The van der Waals surface area contributed by atoms with Crippen LogP contribution in [0.25, 0.3) is 32.9 Å². The molecule has 5 rings (SSSR count). The Hall–Kier alpha value is -4.28. The van der Waals surface area contributed by atoms with Crippen molar-refractivity contribution >= 4 is 39.6 Å². The SMILES string of the molecule is CC(=O)N1CCC(c2nn(CC(=O)NCC(=O)O)c3cccc(-c4cc5c(cnn5C)cc4F)c23)CC1. The van der Waals surface area contributed by atoms with Gasteiger partial charge in [0, 0.05) is 49.3 Å². The number of carbonyl (C=O) groups is 3. The third kappa shape index (κ3) is 4.64. The van der Waals surface area contributed by atoms with E-state index < -0.39 is 24.2 Å². The number of piperidine rings is 1. The summed E-state index contributed by atoms with van der Waals surface area (Å²) in [4.78, 5) is 37.0. The first-order valence-electron chi connectivity index (χ1n) is 12.1. The van der Waals surface area contributed by atoms with Crippen LogP contribution in [-0.4, -0.2) is 67.0 Å². The molecule has 4 aromatic rings. The number of likely N-dealkylation sites (tertiary alicyclic amines) is 1. The summed E-state index contributed by atoms with van der Waals surface area (Å²) < 4.78 is 18.7. The van der Waals surface area contributed by atoms with Crippen LogP contribution in [0, 0.1) is 5.82 Å². The van der Waals surface area contributed by atoms with Crippen molar-refractivity contribution in [3.05, 3.63) is 48.0 Å². The number of aryl methyl sites for hydroxylation is 1. The molecule has 37 heavy (non-hydrogen) atoms. The first-order valence-corrected chi connectivity index (χ1v) is 12.1. The third-order valence-electron chi connectivity index (χ3n) is 6.99. The Morgan fingerprint density at radius 1 is 1.14 bits per heavy atom. The second kappa shape index (κ2) is 9.64. The van der Waals surface area contributed by atoms with E-state index in [-0.39, 0.29) is 18.4 Å². The Balaban J connectivity index is 1.63. The lowest BCUT2D eigenvalue weighted by atomic mass is 9.89. The minimum absolute atomic E-state index is 0.00563. The highest BCUT2D eigenvalue weighted by molar-refractivity contribution is 6.00. The molecule has 2 aromatic heterocycles. The number of benzene rings is 2. The number of aromatic nitrogens is 4. The Labute approximate surface area is 211 Å². The fourth-order valence-electron chi connectivity index (χ4n) is 5.10. The molecule has 1 aliphatic heterocycles. The first kappa shape index (κ1) is 24.4. The monoisotopic (exact) mass is 506 g/mol. The number of nitrogens with zero attached hydrogens (tertiary/aromatic N) is 5. The average Bonchev–Trinajstić information content (AvgIpc) is 3.42. The van der Waals surface area contributed by atoms with Gasteiger partial charge in [-0.2, -0.15) is 10.2 Å². The molecule has 0 saturated carbocycles. The number of carboxylic acid groups (broad SMARTS) is 1. The van der Waals surface area contributed by atoms with Gasteiger partial charge in [0.15, 0.2) is 0 Å². The average molecular weight is 507 g/mol. The van der Waals surface area contributed by atoms with Crippen LogP contribution in [0.3, 0.4) is 0 Å². The number of hydrogen-bond acceptors (Lipinski definition) is 5. The van der Waals surface area contributed by atoms with E-state index in [0.717, 1.165) is 16.6 Å². The first-order chi connectivity index (χ1) is 17.7. The molecule has 2 N–H and O–H groups in total. The molecule has 0 spiro atoms. The minimum Gasteiger partial charge on any atom is -0.480 e. The minimum atomic E-state index is -1.14. The van der Waals surface area contributed by atoms with Crippen LogP contribution in [0.5, 0.6) is 0 Å². The van der Waals surface area contributed by atoms with E-state index in [2.05, 4.69) is 10.4 Å². The van der Waals surface area contributed by atoms with Crippen molar-refractivity contribution in [1.82, 2.24) is 29.8 Å². The number of halogens is 1. The zero-order valence-corrected chi connectivity index (χ0v) is 20.6. The maximum Gasteiger partial charge on any atom is 0.322 e. The molecule has 3 heterocycles. The summed E-state index contributed by atoms with van der Waals surface area (Å²) in [6, 6.07) is 8.69. The highest BCUT2D eigenvalue weighted by Gasteiger charge is 2.28. The van der Waals surface area contributed by atoms with Gasteiger partial charge < -0.3 is 15.3 Å². The predicted molar refractivity (Wildman–Crippen MR) is 134 cm³/mol. The molecule has 0 unspecified atom stereocenters. The van der Waals surface area contributed by atoms with Crippen LogP contribution in [0.15, 0.2) is 36.5 Å². The summed E-state index contributed by atoms with van der Waals surface area (Å²) in [5.74, 6) is -1.99. The molecule has 192 valence electrons. The lowest BCUT2D eigenvalue weighted by Crippen LogP contribution is -2.36. The summed E-state index contributed by atoms with van der Waals surface area (Å²) in [5, 5.41) is 21.7. The lowest BCUT2D eigenvalue weighted by Gasteiger charge is -2.30. The van der Waals surface area contributed by atoms with E-state index in [1.807, 2.05) is 12.1 Å². The molecular formula is C26H27FN6O4. The Morgan fingerprint density at radius 3 is 2.59 bits per heavy atom. The highest BCUT2D eigenvalue weighted by Crippen LogP contribution is 2.39. The van der Waals surface area contributed by atoms with Gasteiger partial charge in [-0.1, -0.05) is 12.1 Å². The molecule has 1 fully saturated rings. The van der Waals surface area contributed by atoms with Crippen LogP contribution >= 0.6 is 0 Å². The summed E-state index contributed by atoms with van der Waals surface area (Å²) in [6.07, 6.45) is 2.99. The molecule has 1 aliphatic rings. The summed E-state index contributed by atoms with van der Waals surface area (Å²) >= 11 is 0. The van der Waals surface area contributed by atoms with E-state index >= 15 is 4.39 Å². The number of aliphatic carboxylic acids is 1. The van der Waals surface area contributed by atoms with Crippen LogP contribution < -0.4 is 5.32 Å². The topological polar surface area (TPSA) is 122 Å². The smallest absolute Gasteiger partial charge is 0.322 e. The van der Waals surface area contributed by atoms with Gasteiger partial charge in [0.1, 0.15) is 18.9 Å². The lowest BCUT2D eigenvalue weighted by molar-refractivity contribution is -0.138. The Kier molecular flexibility index (Phi) is 6.36. The predicted octanol–water partition coefficient (Wildman–Crippen LogP) is 2.66. The van der Waals surface area contributed by atoms with Crippen molar-refractivity contribution in [2.24, 2.45) is 7.05 Å². The summed E-state index contributed by atoms with van der Waals surface area (Å²) in [7, 11) is 1.80. The number of amides is 2. The highest BCUT2D eigenvalue weighted by atomic mass is 19.1. The molecule has 11 heteroatoms. The molecule has 0 radical (unpaired) electrons. The maximum absolute atomic E-state index is 15.4. The van der Waals surface area contributed by atoms with Crippen molar-refractivity contribution in [1.29, 1.82) is 0 Å². The molecule has 2 amide bonds. The van der Waals surface area contributed by atoms with Crippen LogP contribution in [-0.2, 0) is 28.0 Å². The van der Waals surface area contributed by atoms with Crippen molar-refractivity contribution in [3.63, 3.8) is 0 Å². The van der Waals surface area contributed by atoms with E-state index in [1.54, 1.807) is 46.6 Å². The van der Waals surface area contributed by atoms with Gasteiger partial charge >= 0.3 is 5.97 Å². The molecule has 0 bridgehead atoms.